The molecule has 0 bridgehead atoms. The van der Waals surface area contributed by atoms with E-state index in [1.165, 1.54) is 4.70 Å². The summed E-state index contributed by atoms with van der Waals surface area (Å²) in [5.74, 6) is 0.440. The Labute approximate surface area is 101 Å². The number of thiazole rings is 1. The van der Waals surface area contributed by atoms with E-state index in [0.717, 1.165) is 16.9 Å². The van der Waals surface area contributed by atoms with Gasteiger partial charge in [0.1, 0.15) is 0 Å². The molecule has 5 heteroatoms. The van der Waals surface area contributed by atoms with Gasteiger partial charge in [0.25, 0.3) is 0 Å². The number of alkyl halides is 1. The van der Waals surface area contributed by atoms with Gasteiger partial charge in [0.2, 0.25) is 0 Å². The van der Waals surface area contributed by atoms with Crippen molar-refractivity contribution < 1.29 is 0 Å². The van der Waals surface area contributed by atoms with Gasteiger partial charge in [-0.3, -0.25) is 0 Å². The van der Waals surface area contributed by atoms with Crippen molar-refractivity contribution in [2.24, 2.45) is 0 Å². The van der Waals surface area contributed by atoms with Gasteiger partial charge in [0.15, 0.2) is 0 Å². The molecule has 0 aliphatic heterocycles. The van der Waals surface area contributed by atoms with Crippen LogP contribution in [0.5, 0.6) is 0 Å². The highest BCUT2D eigenvalue weighted by Crippen LogP contribution is 2.21. The third-order valence-electron chi connectivity index (χ3n) is 2.36. The lowest BCUT2D eigenvalue weighted by molar-refractivity contribution is 0.860. The van der Waals surface area contributed by atoms with Crippen molar-refractivity contribution in [1.29, 1.82) is 0 Å². The number of nitrogens with zero attached hydrogens (tertiary/aromatic N) is 3. The molecule has 0 unspecified atom stereocenters. The van der Waals surface area contributed by atoms with Crippen molar-refractivity contribution in [2.45, 2.75) is 5.88 Å². The van der Waals surface area contributed by atoms with E-state index >= 15 is 0 Å². The van der Waals surface area contributed by atoms with Gasteiger partial charge < -0.3 is 0 Å². The van der Waals surface area contributed by atoms with E-state index in [9.17, 15) is 0 Å². The minimum Gasteiger partial charge on any atom is -0.245 e. The molecule has 0 N–H and O–H groups in total. The van der Waals surface area contributed by atoms with Crippen LogP contribution in [0.1, 0.15) is 5.69 Å². The molecule has 0 amide bonds. The van der Waals surface area contributed by atoms with Crippen molar-refractivity contribution in [3.8, 4) is 5.69 Å². The fourth-order valence-electron chi connectivity index (χ4n) is 1.56. The Bertz CT molecular complexity index is 629. The normalized spacial score (nSPS) is 11.1. The van der Waals surface area contributed by atoms with Crippen LogP contribution in [0.4, 0.5) is 0 Å². The summed E-state index contributed by atoms with van der Waals surface area (Å²) in [5.41, 5.74) is 4.79. The molecule has 0 fully saturated rings. The Balaban J connectivity index is 2.10. The lowest BCUT2D eigenvalue weighted by Gasteiger charge is -2.00. The fourth-order valence-corrected chi connectivity index (χ4v) is 2.42. The minimum atomic E-state index is 0.440. The van der Waals surface area contributed by atoms with Crippen LogP contribution < -0.4 is 0 Å². The Hall–Kier alpha value is -1.39. The van der Waals surface area contributed by atoms with E-state index in [0.29, 0.717) is 5.88 Å². The van der Waals surface area contributed by atoms with Gasteiger partial charge in [0, 0.05) is 6.20 Å². The number of fused-ring (bicyclic) bond motifs is 1. The van der Waals surface area contributed by atoms with Crippen molar-refractivity contribution >= 4 is 33.2 Å². The molecule has 1 aromatic carbocycles. The van der Waals surface area contributed by atoms with E-state index in [-0.39, 0.29) is 0 Å². The second-order valence-electron chi connectivity index (χ2n) is 3.39. The van der Waals surface area contributed by atoms with Crippen LogP contribution in [0.3, 0.4) is 0 Å². The molecule has 0 aliphatic carbocycles. The molecule has 3 nitrogen and oxygen atoms in total. The maximum Gasteiger partial charge on any atom is 0.0813 e. The van der Waals surface area contributed by atoms with Gasteiger partial charge >= 0.3 is 0 Å². The van der Waals surface area contributed by atoms with Crippen molar-refractivity contribution in [3.05, 3.63) is 41.7 Å². The van der Waals surface area contributed by atoms with Gasteiger partial charge in [-0.2, -0.15) is 5.10 Å². The molecule has 16 heavy (non-hydrogen) atoms. The van der Waals surface area contributed by atoms with Gasteiger partial charge in [-0.05, 0) is 24.3 Å². The van der Waals surface area contributed by atoms with E-state index < -0.39 is 0 Å². The number of hydrogen-bond acceptors (Lipinski definition) is 3. The maximum atomic E-state index is 5.72. The average molecular weight is 250 g/mol. The molecule has 80 valence electrons. The number of benzene rings is 1. The largest absolute Gasteiger partial charge is 0.245 e. The highest BCUT2D eigenvalue weighted by atomic mass is 35.5. The molecule has 0 saturated heterocycles. The zero-order valence-electron chi connectivity index (χ0n) is 8.30. The quantitative estimate of drug-likeness (QED) is 0.653. The van der Waals surface area contributed by atoms with Gasteiger partial charge in [-0.15, -0.1) is 22.9 Å². The summed E-state index contributed by atoms with van der Waals surface area (Å²) in [5, 5.41) is 4.36. The molecular formula is C11H8ClN3S. The molecule has 3 rings (SSSR count). The first kappa shape index (κ1) is 9.81. The smallest absolute Gasteiger partial charge is 0.0813 e. The summed E-state index contributed by atoms with van der Waals surface area (Å²) >= 11 is 7.35. The number of hydrogen-bond donors (Lipinski definition) is 0. The molecule has 0 spiro atoms. The minimum absolute atomic E-state index is 0.440. The molecule has 2 aromatic heterocycles. The summed E-state index contributed by atoms with van der Waals surface area (Å²) < 4.78 is 3.00. The number of halogens is 1. The summed E-state index contributed by atoms with van der Waals surface area (Å²) in [4.78, 5) is 4.24. The zero-order valence-corrected chi connectivity index (χ0v) is 9.87. The lowest BCUT2D eigenvalue weighted by atomic mass is 10.3. The summed E-state index contributed by atoms with van der Waals surface area (Å²) in [7, 11) is 0. The molecule has 3 aromatic rings. The van der Waals surface area contributed by atoms with Crippen LogP contribution in [0.2, 0.25) is 0 Å². The second-order valence-corrected chi connectivity index (χ2v) is 4.54. The van der Waals surface area contributed by atoms with Gasteiger partial charge in [-0.25, -0.2) is 9.67 Å². The highest BCUT2D eigenvalue weighted by molar-refractivity contribution is 7.16. The van der Waals surface area contributed by atoms with Crippen LogP contribution >= 0.6 is 22.9 Å². The summed E-state index contributed by atoms with van der Waals surface area (Å²) in [6.45, 7) is 0. The van der Waals surface area contributed by atoms with Crippen LogP contribution in [0, 0.1) is 0 Å². The van der Waals surface area contributed by atoms with Crippen LogP contribution in [0.15, 0.2) is 36.0 Å². The molecule has 0 atom stereocenters. The first-order valence-corrected chi connectivity index (χ1v) is 6.22. The predicted octanol–water partition coefficient (Wildman–Crippen LogP) is 3.22. The van der Waals surface area contributed by atoms with Gasteiger partial charge in [0.05, 0.1) is 33.0 Å². The lowest BCUT2D eigenvalue weighted by Crippen LogP contribution is -1.94. The third-order valence-corrected chi connectivity index (χ3v) is 3.43. The molecule has 0 aliphatic rings. The first-order chi connectivity index (χ1) is 7.86. The SMILES string of the molecule is ClCc1ccn(-c2ccc3ncsc3c2)n1. The fraction of sp³-hybridized carbons (Fsp3) is 0.0909. The monoisotopic (exact) mass is 249 g/mol. The topological polar surface area (TPSA) is 30.7 Å². The molecule has 2 heterocycles. The predicted molar refractivity (Wildman–Crippen MR) is 66.3 cm³/mol. The second kappa shape index (κ2) is 3.88. The van der Waals surface area contributed by atoms with Crippen molar-refractivity contribution in [3.63, 3.8) is 0 Å². The molecule has 0 saturated carbocycles. The van der Waals surface area contributed by atoms with Gasteiger partial charge in [-0.1, -0.05) is 0 Å². The molecule has 0 radical (unpaired) electrons. The number of rotatable bonds is 2. The van der Waals surface area contributed by atoms with E-state index in [1.54, 1.807) is 11.3 Å². The summed E-state index contributed by atoms with van der Waals surface area (Å²) in [6.07, 6.45) is 1.92. The van der Waals surface area contributed by atoms with E-state index in [4.69, 9.17) is 11.6 Å². The first-order valence-electron chi connectivity index (χ1n) is 4.81. The van der Waals surface area contributed by atoms with Crippen LogP contribution in [-0.2, 0) is 5.88 Å². The standard InChI is InChI=1S/C11H8ClN3S/c12-6-8-3-4-15(14-8)9-1-2-10-11(5-9)16-7-13-10/h1-5,7H,6H2. The Morgan fingerprint density at radius 1 is 1.31 bits per heavy atom. The Kier molecular flexibility index (Phi) is 2.38. The third kappa shape index (κ3) is 1.60. The van der Waals surface area contributed by atoms with E-state index in [1.807, 2.05) is 34.6 Å². The summed E-state index contributed by atoms with van der Waals surface area (Å²) in [6, 6.07) is 8.01. The Morgan fingerprint density at radius 3 is 3.06 bits per heavy atom. The zero-order chi connectivity index (χ0) is 11.0. The number of aromatic nitrogens is 3. The van der Waals surface area contributed by atoms with E-state index in [2.05, 4.69) is 16.1 Å². The van der Waals surface area contributed by atoms with Crippen LogP contribution in [0.25, 0.3) is 15.9 Å². The molecular weight excluding hydrogens is 242 g/mol. The maximum absolute atomic E-state index is 5.72. The average Bonchev–Trinajstić information content (AvgIpc) is 2.96. The Morgan fingerprint density at radius 2 is 2.25 bits per heavy atom. The van der Waals surface area contributed by atoms with Crippen LogP contribution in [-0.4, -0.2) is 14.8 Å². The highest BCUT2D eigenvalue weighted by Gasteiger charge is 2.02. The van der Waals surface area contributed by atoms with Crippen molar-refractivity contribution in [1.82, 2.24) is 14.8 Å². The van der Waals surface area contributed by atoms with Crippen molar-refractivity contribution in [2.75, 3.05) is 0 Å².